The molecule has 66 valence electrons. The van der Waals surface area contributed by atoms with E-state index < -0.39 is 0 Å². The first-order valence-electron chi connectivity index (χ1n) is 3.52. The minimum Gasteiger partial charge on any atom is -0.469 e. The first-order valence-corrected chi connectivity index (χ1v) is 4.31. The molecular weight excluding hydrogens is 236 g/mol. The van der Waals surface area contributed by atoms with Crippen LogP contribution in [0.5, 0.6) is 11.8 Å². The van der Waals surface area contributed by atoms with Crippen LogP contribution >= 0.6 is 15.9 Å². The van der Waals surface area contributed by atoms with Crippen molar-refractivity contribution in [3.05, 3.63) is 35.5 Å². The van der Waals surface area contributed by atoms with Gasteiger partial charge in [-0.1, -0.05) is 0 Å². The zero-order valence-corrected chi connectivity index (χ0v) is 8.06. The Bertz CT molecular complexity index is 372. The predicted molar refractivity (Wildman–Crippen MR) is 48.5 cm³/mol. The standard InChI is InChI=1S/C8H5BrN2O2/c9-6-3-10-8(11-4-6)13-7-1-2-12-5-7/h1-5H. The molecule has 4 nitrogen and oxygen atoms in total. The zero-order chi connectivity index (χ0) is 9.10. The molecule has 0 aromatic carbocycles. The third-order valence-corrected chi connectivity index (χ3v) is 1.71. The molecule has 0 saturated heterocycles. The Morgan fingerprint density at radius 1 is 1.31 bits per heavy atom. The second-order valence-electron chi connectivity index (χ2n) is 2.24. The smallest absolute Gasteiger partial charge is 0.322 e. The van der Waals surface area contributed by atoms with Crippen LogP contribution in [0.4, 0.5) is 0 Å². The highest BCUT2D eigenvalue weighted by atomic mass is 79.9. The van der Waals surface area contributed by atoms with Crippen LogP contribution in [0, 0.1) is 0 Å². The lowest BCUT2D eigenvalue weighted by Gasteiger charge is -1.98. The molecule has 0 bridgehead atoms. The zero-order valence-electron chi connectivity index (χ0n) is 6.48. The van der Waals surface area contributed by atoms with Crippen molar-refractivity contribution in [3.63, 3.8) is 0 Å². The molecule has 0 N–H and O–H groups in total. The lowest BCUT2D eigenvalue weighted by Crippen LogP contribution is -1.88. The average molecular weight is 241 g/mol. The van der Waals surface area contributed by atoms with E-state index in [0.717, 1.165) is 4.47 Å². The van der Waals surface area contributed by atoms with Crippen LogP contribution in [0.25, 0.3) is 0 Å². The summed E-state index contributed by atoms with van der Waals surface area (Å²) in [7, 11) is 0. The topological polar surface area (TPSA) is 48.2 Å². The number of aromatic nitrogens is 2. The maximum atomic E-state index is 5.24. The molecule has 0 fully saturated rings. The number of halogens is 1. The van der Waals surface area contributed by atoms with E-state index in [1.165, 1.54) is 12.5 Å². The Morgan fingerprint density at radius 3 is 2.69 bits per heavy atom. The van der Waals surface area contributed by atoms with Crippen LogP contribution in [0.2, 0.25) is 0 Å². The third-order valence-electron chi connectivity index (χ3n) is 1.30. The quantitative estimate of drug-likeness (QED) is 0.810. The average Bonchev–Trinajstić information content (AvgIpc) is 2.62. The van der Waals surface area contributed by atoms with Gasteiger partial charge in [0.05, 0.1) is 10.7 Å². The van der Waals surface area contributed by atoms with Crippen LogP contribution in [-0.2, 0) is 0 Å². The number of hydrogen-bond donors (Lipinski definition) is 0. The van der Waals surface area contributed by atoms with Gasteiger partial charge in [-0.2, -0.15) is 0 Å². The Labute approximate surface area is 82.7 Å². The number of rotatable bonds is 2. The van der Waals surface area contributed by atoms with Crippen LogP contribution < -0.4 is 4.74 Å². The van der Waals surface area contributed by atoms with Gasteiger partial charge in [0.1, 0.15) is 6.26 Å². The molecule has 0 radical (unpaired) electrons. The van der Waals surface area contributed by atoms with Crippen LogP contribution in [0.15, 0.2) is 39.9 Å². The Hall–Kier alpha value is -1.36. The highest BCUT2D eigenvalue weighted by Crippen LogP contribution is 2.17. The predicted octanol–water partition coefficient (Wildman–Crippen LogP) is 2.62. The minimum absolute atomic E-state index is 0.296. The van der Waals surface area contributed by atoms with Gasteiger partial charge in [-0.3, -0.25) is 0 Å². The molecule has 0 spiro atoms. The molecule has 0 unspecified atom stereocenters. The van der Waals surface area contributed by atoms with Crippen molar-refractivity contribution < 1.29 is 9.15 Å². The SMILES string of the molecule is Brc1cnc(Oc2ccoc2)nc1. The molecule has 0 aliphatic rings. The van der Waals surface area contributed by atoms with Gasteiger partial charge < -0.3 is 9.15 Å². The summed E-state index contributed by atoms with van der Waals surface area (Å²) < 4.78 is 10.9. The minimum atomic E-state index is 0.296. The van der Waals surface area contributed by atoms with E-state index in [4.69, 9.17) is 9.15 Å². The van der Waals surface area contributed by atoms with Crippen molar-refractivity contribution in [3.8, 4) is 11.8 Å². The van der Waals surface area contributed by atoms with Gasteiger partial charge in [-0.25, -0.2) is 9.97 Å². The molecule has 2 aromatic heterocycles. The van der Waals surface area contributed by atoms with Gasteiger partial charge in [-0.05, 0) is 15.9 Å². The monoisotopic (exact) mass is 240 g/mol. The maximum absolute atomic E-state index is 5.24. The molecule has 0 aliphatic heterocycles. The molecule has 2 rings (SSSR count). The van der Waals surface area contributed by atoms with Gasteiger partial charge in [-0.15, -0.1) is 0 Å². The molecule has 0 amide bonds. The van der Waals surface area contributed by atoms with E-state index in [1.807, 2.05) is 0 Å². The van der Waals surface area contributed by atoms with Gasteiger partial charge in [0, 0.05) is 18.5 Å². The molecule has 0 aliphatic carbocycles. The summed E-state index contributed by atoms with van der Waals surface area (Å²) in [5.41, 5.74) is 0. The van der Waals surface area contributed by atoms with Crippen molar-refractivity contribution in [1.29, 1.82) is 0 Å². The number of furan rings is 1. The summed E-state index contributed by atoms with van der Waals surface area (Å²) in [5.74, 6) is 0.585. The number of ether oxygens (including phenoxy) is 1. The second-order valence-corrected chi connectivity index (χ2v) is 3.16. The van der Waals surface area contributed by atoms with E-state index >= 15 is 0 Å². The maximum Gasteiger partial charge on any atom is 0.322 e. The molecule has 0 saturated carbocycles. The Kier molecular flexibility index (Phi) is 2.27. The van der Waals surface area contributed by atoms with Crippen molar-refractivity contribution in [2.75, 3.05) is 0 Å². The van der Waals surface area contributed by atoms with Gasteiger partial charge >= 0.3 is 6.01 Å². The van der Waals surface area contributed by atoms with Crippen molar-refractivity contribution in [1.82, 2.24) is 9.97 Å². The van der Waals surface area contributed by atoms with Gasteiger partial charge in [0.25, 0.3) is 0 Å². The molecule has 0 atom stereocenters. The first-order chi connectivity index (χ1) is 6.34. The summed E-state index contributed by atoms with van der Waals surface area (Å²) >= 11 is 3.22. The van der Waals surface area contributed by atoms with E-state index in [1.54, 1.807) is 18.5 Å². The highest BCUT2D eigenvalue weighted by molar-refractivity contribution is 9.10. The van der Waals surface area contributed by atoms with Crippen molar-refractivity contribution >= 4 is 15.9 Å². The normalized spacial score (nSPS) is 9.92. The van der Waals surface area contributed by atoms with Crippen molar-refractivity contribution in [2.45, 2.75) is 0 Å². The highest BCUT2D eigenvalue weighted by Gasteiger charge is 1.99. The number of nitrogens with zero attached hydrogens (tertiary/aromatic N) is 2. The fourth-order valence-electron chi connectivity index (χ4n) is 0.769. The van der Waals surface area contributed by atoms with E-state index in [-0.39, 0.29) is 0 Å². The Balaban J connectivity index is 2.15. The lowest BCUT2D eigenvalue weighted by molar-refractivity contribution is 0.431. The van der Waals surface area contributed by atoms with E-state index in [9.17, 15) is 0 Å². The number of hydrogen-bond acceptors (Lipinski definition) is 4. The van der Waals surface area contributed by atoms with E-state index in [2.05, 4.69) is 25.9 Å². The molecule has 5 heteroatoms. The molecule has 13 heavy (non-hydrogen) atoms. The second kappa shape index (κ2) is 3.57. The van der Waals surface area contributed by atoms with Crippen LogP contribution in [-0.4, -0.2) is 9.97 Å². The summed E-state index contributed by atoms with van der Waals surface area (Å²) in [4.78, 5) is 7.86. The van der Waals surface area contributed by atoms with Gasteiger partial charge in [0.15, 0.2) is 5.75 Å². The molecule has 2 aromatic rings. The van der Waals surface area contributed by atoms with Gasteiger partial charge in [0.2, 0.25) is 0 Å². The van der Waals surface area contributed by atoms with E-state index in [0.29, 0.717) is 11.8 Å². The van der Waals surface area contributed by atoms with Crippen LogP contribution in [0.3, 0.4) is 0 Å². The Morgan fingerprint density at radius 2 is 2.08 bits per heavy atom. The summed E-state index contributed by atoms with van der Waals surface area (Å²) in [5, 5.41) is 0. The first kappa shape index (κ1) is 8.25. The fourth-order valence-corrected chi connectivity index (χ4v) is 0.973. The summed E-state index contributed by atoms with van der Waals surface area (Å²) in [6.07, 6.45) is 6.23. The van der Waals surface area contributed by atoms with Crippen molar-refractivity contribution in [2.24, 2.45) is 0 Å². The lowest BCUT2D eigenvalue weighted by atomic mass is 10.6. The summed E-state index contributed by atoms with van der Waals surface area (Å²) in [6.45, 7) is 0. The van der Waals surface area contributed by atoms with Crippen LogP contribution in [0.1, 0.15) is 0 Å². The summed E-state index contributed by atoms with van der Waals surface area (Å²) in [6, 6.07) is 1.98. The fraction of sp³-hybridized carbons (Fsp3) is 0. The largest absolute Gasteiger partial charge is 0.469 e. The third kappa shape index (κ3) is 2.06. The molecular formula is C8H5BrN2O2. The molecule has 2 heterocycles.